The van der Waals surface area contributed by atoms with E-state index in [1.807, 2.05) is 116 Å². The predicted molar refractivity (Wildman–Crippen MR) is 269 cm³/mol. The highest BCUT2D eigenvalue weighted by Crippen LogP contribution is 2.28. The molecule has 0 N–H and O–H groups in total. The van der Waals surface area contributed by atoms with E-state index in [9.17, 15) is 29.3 Å². The molecule has 1 saturated heterocycles. The number of hydrogen-bond acceptors (Lipinski definition) is 17. The number of carbonyl (C=O) groups is 4. The molecule has 70 heavy (non-hydrogen) atoms. The largest absolute Gasteiger partial charge is 0.497 e. The third-order valence-electron chi connectivity index (χ3n) is 11.0. The van der Waals surface area contributed by atoms with Crippen LogP contribution in [0.2, 0.25) is 0 Å². The smallest absolute Gasteiger partial charge is 0.320 e. The van der Waals surface area contributed by atoms with Gasteiger partial charge < -0.3 is 28.4 Å². The second-order valence-corrected chi connectivity index (χ2v) is 22.0. The Labute approximate surface area is 417 Å². The average molecular weight is 985 g/mol. The number of hydrogen-bond donors (Lipinski definition) is 0. The number of benzene rings is 2. The molecular formula is C52H84N6O12. The van der Waals surface area contributed by atoms with Gasteiger partial charge in [0.1, 0.15) is 33.9 Å². The van der Waals surface area contributed by atoms with Crippen molar-refractivity contribution in [3.8, 4) is 11.5 Å². The van der Waals surface area contributed by atoms with Crippen molar-refractivity contribution in [3.05, 3.63) is 63.7 Å². The fraction of sp³-hybridized carbons (Fsp3) is 0.692. The Morgan fingerprint density at radius 1 is 0.600 bits per heavy atom. The zero-order valence-corrected chi connectivity index (χ0v) is 44.7. The topological polar surface area (TPSA) is 183 Å². The highest BCUT2D eigenvalue weighted by Gasteiger charge is 2.30. The van der Waals surface area contributed by atoms with Crippen LogP contribution in [0.3, 0.4) is 0 Å². The summed E-state index contributed by atoms with van der Waals surface area (Å²) in [4.78, 5) is 75.6. The lowest BCUT2D eigenvalue weighted by Crippen LogP contribution is -2.52. The lowest BCUT2D eigenvalue weighted by molar-refractivity contribution is -0.384. The molecule has 1 heterocycles. The summed E-state index contributed by atoms with van der Waals surface area (Å²) in [6.07, 6.45) is 1.94. The van der Waals surface area contributed by atoms with Gasteiger partial charge in [-0.1, -0.05) is 18.2 Å². The third kappa shape index (κ3) is 24.3. The van der Waals surface area contributed by atoms with Crippen LogP contribution in [0.5, 0.6) is 11.5 Å². The number of esters is 4. The Hall–Kier alpha value is -4.88. The highest BCUT2D eigenvalue weighted by atomic mass is 16.6. The summed E-state index contributed by atoms with van der Waals surface area (Å²) >= 11 is 0. The Morgan fingerprint density at radius 2 is 1.01 bits per heavy atom. The molecule has 1 atom stereocenters. The number of methoxy groups -OCH3 is 2. The van der Waals surface area contributed by atoms with Gasteiger partial charge in [0.25, 0.3) is 5.69 Å². The molecule has 18 heteroatoms. The van der Waals surface area contributed by atoms with Gasteiger partial charge in [-0.25, -0.2) is 0 Å². The van der Waals surface area contributed by atoms with Crippen LogP contribution in [-0.2, 0) is 51.1 Å². The molecule has 1 aliphatic heterocycles. The molecule has 1 aliphatic rings. The van der Waals surface area contributed by atoms with E-state index in [0.29, 0.717) is 96.2 Å². The van der Waals surface area contributed by atoms with Gasteiger partial charge in [-0.3, -0.25) is 53.8 Å². The standard InChI is InChI=1S/C52H84N6O12/c1-49(2,3)67-45(59)35-54-26-24-53(25-27-55(36-46(60)68-50(4,5)6)29-31-56(30-28-54)37-47(61)69-51(7,8)9)34-42(17-15-16-39-18-21-41(22-19-39)58(63)64)57(38-48(62)70-52(10,11)12)33-40-20-23-43(65-13)32-44(40)66-14/h18-23,32,42H,15-17,24-31,33-38H2,1-14H3. The van der Waals surface area contributed by atoms with Crippen LogP contribution < -0.4 is 9.47 Å². The van der Waals surface area contributed by atoms with Gasteiger partial charge in [-0.2, -0.15) is 0 Å². The van der Waals surface area contributed by atoms with Crippen LogP contribution in [0, 0.1) is 10.1 Å². The van der Waals surface area contributed by atoms with Crippen LogP contribution in [-0.4, -0.2) is 181 Å². The second-order valence-electron chi connectivity index (χ2n) is 22.0. The van der Waals surface area contributed by atoms with Gasteiger partial charge in [-0.05, 0) is 114 Å². The summed E-state index contributed by atoms with van der Waals surface area (Å²) in [5.74, 6) is -0.272. The van der Waals surface area contributed by atoms with E-state index in [1.54, 1.807) is 26.4 Å². The van der Waals surface area contributed by atoms with Crippen molar-refractivity contribution in [1.29, 1.82) is 0 Å². The quantitative estimate of drug-likeness (QED) is 0.0615. The van der Waals surface area contributed by atoms with E-state index < -0.39 is 33.3 Å². The maximum Gasteiger partial charge on any atom is 0.320 e. The van der Waals surface area contributed by atoms with Gasteiger partial charge in [-0.15, -0.1) is 0 Å². The van der Waals surface area contributed by atoms with E-state index >= 15 is 0 Å². The first-order chi connectivity index (χ1) is 32.5. The van der Waals surface area contributed by atoms with Crippen molar-refractivity contribution in [1.82, 2.24) is 24.5 Å². The first-order valence-electron chi connectivity index (χ1n) is 24.4. The van der Waals surface area contributed by atoms with Crippen molar-refractivity contribution in [2.45, 2.75) is 137 Å². The monoisotopic (exact) mass is 985 g/mol. The summed E-state index contributed by atoms with van der Waals surface area (Å²) in [5.41, 5.74) is -0.994. The molecule has 0 saturated carbocycles. The predicted octanol–water partition coefficient (Wildman–Crippen LogP) is 6.39. The lowest BCUT2D eigenvalue weighted by Gasteiger charge is -2.38. The molecule has 394 valence electrons. The van der Waals surface area contributed by atoms with Crippen LogP contribution >= 0.6 is 0 Å². The van der Waals surface area contributed by atoms with Crippen molar-refractivity contribution >= 4 is 29.6 Å². The molecule has 0 radical (unpaired) electrons. The summed E-state index contributed by atoms with van der Waals surface area (Å²) in [6.45, 7) is 26.5. The number of non-ortho nitro benzene ring substituents is 1. The second kappa shape index (κ2) is 27.1. The number of rotatable bonds is 20. The maximum atomic E-state index is 13.9. The first kappa shape index (κ1) is 59.4. The number of ether oxygens (including phenoxy) is 6. The summed E-state index contributed by atoms with van der Waals surface area (Å²) in [6, 6.07) is 11.9. The minimum absolute atomic E-state index is 0.0195. The van der Waals surface area contributed by atoms with Crippen molar-refractivity contribution in [2.75, 3.05) is 99.3 Å². The van der Waals surface area contributed by atoms with Crippen molar-refractivity contribution in [3.63, 3.8) is 0 Å². The first-order valence-corrected chi connectivity index (χ1v) is 24.4. The number of nitro groups is 1. The van der Waals surface area contributed by atoms with E-state index in [2.05, 4.69) is 9.80 Å². The summed E-state index contributed by atoms with van der Waals surface area (Å²) in [5, 5.41) is 11.4. The molecule has 1 fully saturated rings. The number of carbonyl (C=O) groups excluding carboxylic acids is 4. The molecule has 0 amide bonds. The van der Waals surface area contributed by atoms with Gasteiger partial charge in [0, 0.05) is 95.3 Å². The lowest BCUT2D eigenvalue weighted by atomic mass is 10.0. The third-order valence-corrected chi connectivity index (χ3v) is 11.0. The van der Waals surface area contributed by atoms with Crippen LogP contribution in [0.15, 0.2) is 42.5 Å². The zero-order valence-electron chi connectivity index (χ0n) is 44.7. The minimum Gasteiger partial charge on any atom is -0.497 e. The summed E-state index contributed by atoms with van der Waals surface area (Å²) in [7, 11) is 3.18. The average Bonchev–Trinajstić information content (AvgIpc) is 3.21. The number of nitro benzene ring substituents is 1. The molecule has 2 aromatic carbocycles. The molecular weight excluding hydrogens is 901 g/mol. The van der Waals surface area contributed by atoms with E-state index in [0.717, 1.165) is 11.1 Å². The molecule has 0 bridgehead atoms. The fourth-order valence-electron chi connectivity index (χ4n) is 7.97. The molecule has 0 aromatic heterocycles. The normalized spacial score (nSPS) is 16.1. The minimum atomic E-state index is -0.735. The zero-order chi connectivity index (χ0) is 52.5. The number of nitrogens with zero attached hydrogens (tertiary/aromatic N) is 6. The Kier molecular flexibility index (Phi) is 23.0. The van der Waals surface area contributed by atoms with Crippen molar-refractivity contribution in [2.24, 2.45) is 0 Å². The molecule has 0 aliphatic carbocycles. The van der Waals surface area contributed by atoms with E-state index in [4.69, 9.17) is 28.4 Å². The Balaban J connectivity index is 2.13. The van der Waals surface area contributed by atoms with E-state index in [1.165, 1.54) is 12.1 Å². The Bertz CT molecular complexity index is 1940. The molecule has 18 nitrogen and oxygen atoms in total. The van der Waals surface area contributed by atoms with Gasteiger partial charge in [0.15, 0.2) is 0 Å². The molecule has 2 aromatic rings. The van der Waals surface area contributed by atoms with E-state index in [-0.39, 0.29) is 55.8 Å². The van der Waals surface area contributed by atoms with Gasteiger partial charge in [0.2, 0.25) is 0 Å². The SMILES string of the molecule is COc1ccc(CN(CC(=O)OC(C)(C)C)C(CCCc2ccc([N+](=O)[O-])cc2)CN2CCN(CC(=O)OC(C)(C)C)CCN(CC(=O)OC(C)(C)C)CCN(CC(=O)OC(C)(C)C)CC2)c(OC)c1. The van der Waals surface area contributed by atoms with Gasteiger partial charge >= 0.3 is 23.9 Å². The highest BCUT2D eigenvalue weighted by molar-refractivity contribution is 5.73. The molecule has 3 rings (SSSR count). The van der Waals surface area contributed by atoms with Crippen molar-refractivity contribution < 1.29 is 52.5 Å². The Morgan fingerprint density at radius 3 is 1.40 bits per heavy atom. The van der Waals surface area contributed by atoms with Crippen LogP contribution in [0.4, 0.5) is 5.69 Å². The van der Waals surface area contributed by atoms with Crippen LogP contribution in [0.25, 0.3) is 0 Å². The van der Waals surface area contributed by atoms with Crippen LogP contribution in [0.1, 0.15) is 107 Å². The number of aryl methyl sites for hydroxylation is 1. The maximum absolute atomic E-state index is 13.9. The molecule has 1 unspecified atom stereocenters. The van der Waals surface area contributed by atoms with Gasteiger partial charge in [0.05, 0.1) is 45.3 Å². The molecule has 0 spiro atoms. The summed E-state index contributed by atoms with van der Waals surface area (Å²) < 4.78 is 34.6. The fourth-order valence-corrected chi connectivity index (χ4v) is 7.97.